The third kappa shape index (κ3) is 5.80. The van der Waals surface area contributed by atoms with Crippen molar-refractivity contribution in [2.24, 2.45) is 5.73 Å². The van der Waals surface area contributed by atoms with Crippen LogP contribution in [-0.2, 0) is 10.2 Å². The van der Waals surface area contributed by atoms with Crippen LogP contribution < -0.4 is 15.2 Å². The van der Waals surface area contributed by atoms with Crippen molar-refractivity contribution in [1.29, 1.82) is 0 Å². The number of nitrogens with one attached hydrogen (secondary N) is 2. The van der Waals surface area contributed by atoms with Crippen molar-refractivity contribution in [2.45, 2.75) is 26.3 Å². The summed E-state index contributed by atoms with van der Waals surface area (Å²) in [6.07, 6.45) is 0. The van der Waals surface area contributed by atoms with E-state index < -0.39 is 15.7 Å². The van der Waals surface area contributed by atoms with Crippen LogP contribution in [0.3, 0.4) is 0 Å². The number of anilines is 1. The molecule has 0 atom stereocenters. The van der Waals surface area contributed by atoms with Gasteiger partial charge in [-0.1, -0.05) is 23.4 Å². The standard InChI is InChI=1S/C13H18ClN3O2S/c1-13(2,3)17-20(18,19)16-12-7-6-11(14)9-10(12)5-4-8-15/h6-7,9,16-17H,8,15H2,1-3H3. The minimum atomic E-state index is -3.69. The van der Waals surface area contributed by atoms with Gasteiger partial charge in [-0.2, -0.15) is 13.1 Å². The molecule has 0 aliphatic carbocycles. The van der Waals surface area contributed by atoms with Gasteiger partial charge in [0, 0.05) is 10.6 Å². The second kappa shape index (κ2) is 6.46. The van der Waals surface area contributed by atoms with Crippen LogP contribution in [0, 0.1) is 11.8 Å². The van der Waals surface area contributed by atoms with Gasteiger partial charge < -0.3 is 5.73 Å². The first-order chi connectivity index (χ1) is 9.13. The highest BCUT2D eigenvalue weighted by atomic mass is 35.5. The van der Waals surface area contributed by atoms with E-state index in [0.717, 1.165) is 0 Å². The average molecular weight is 316 g/mol. The molecule has 0 spiro atoms. The van der Waals surface area contributed by atoms with E-state index in [2.05, 4.69) is 21.3 Å². The van der Waals surface area contributed by atoms with E-state index in [-0.39, 0.29) is 6.54 Å². The molecule has 0 saturated carbocycles. The molecular formula is C13H18ClN3O2S. The number of rotatable bonds is 3. The third-order valence-electron chi connectivity index (χ3n) is 1.99. The van der Waals surface area contributed by atoms with Crippen LogP contribution >= 0.6 is 11.6 Å². The molecule has 1 aromatic rings. The van der Waals surface area contributed by atoms with Gasteiger partial charge in [-0.25, -0.2) is 0 Å². The topological polar surface area (TPSA) is 84.2 Å². The molecule has 0 radical (unpaired) electrons. The molecule has 0 aliphatic rings. The Morgan fingerprint density at radius 2 is 2.00 bits per heavy atom. The van der Waals surface area contributed by atoms with Crippen LogP contribution in [0.1, 0.15) is 26.3 Å². The zero-order valence-corrected chi connectivity index (χ0v) is 13.2. The van der Waals surface area contributed by atoms with Crippen molar-refractivity contribution in [1.82, 2.24) is 4.72 Å². The lowest BCUT2D eigenvalue weighted by Crippen LogP contribution is -2.43. The molecule has 1 rings (SSSR count). The Kier molecular flexibility index (Phi) is 5.42. The first-order valence-electron chi connectivity index (χ1n) is 5.93. The van der Waals surface area contributed by atoms with E-state index in [1.165, 1.54) is 0 Å². The van der Waals surface area contributed by atoms with Crippen LogP contribution in [0.15, 0.2) is 18.2 Å². The van der Waals surface area contributed by atoms with Crippen molar-refractivity contribution < 1.29 is 8.42 Å². The lowest BCUT2D eigenvalue weighted by Gasteiger charge is -2.21. The number of halogens is 1. The molecule has 20 heavy (non-hydrogen) atoms. The highest BCUT2D eigenvalue weighted by molar-refractivity contribution is 7.90. The second-order valence-corrected chi connectivity index (χ2v) is 7.00. The summed E-state index contributed by atoms with van der Waals surface area (Å²) in [5, 5.41) is 0.470. The van der Waals surface area contributed by atoms with Gasteiger partial charge in [0.25, 0.3) is 10.2 Å². The van der Waals surface area contributed by atoms with E-state index >= 15 is 0 Å². The van der Waals surface area contributed by atoms with Crippen LogP contribution in [0.4, 0.5) is 5.69 Å². The molecule has 0 heterocycles. The number of benzene rings is 1. The smallest absolute Gasteiger partial charge is 0.299 e. The predicted octanol–water partition coefficient (Wildman–Crippen LogP) is 1.69. The normalized spacial score (nSPS) is 11.7. The molecule has 0 aromatic heterocycles. The number of hydrogen-bond donors (Lipinski definition) is 3. The van der Waals surface area contributed by atoms with Crippen molar-refractivity contribution in [3.8, 4) is 11.8 Å². The van der Waals surface area contributed by atoms with Crippen LogP contribution in [0.25, 0.3) is 0 Å². The van der Waals surface area contributed by atoms with Gasteiger partial charge in [-0.05, 0) is 39.0 Å². The maximum atomic E-state index is 12.0. The Balaban J connectivity index is 3.09. The third-order valence-corrected chi connectivity index (χ3v) is 3.60. The van der Waals surface area contributed by atoms with Crippen molar-refractivity contribution in [3.63, 3.8) is 0 Å². The zero-order valence-electron chi connectivity index (χ0n) is 11.6. The largest absolute Gasteiger partial charge is 0.320 e. The van der Waals surface area contributed by atoms with Gasteiger partial charge in [0.15, 0.2) is 0 Å². The van der Waals surface area contributed by atoms with E-state index in [1.54, 1.807) is 39.0 Å². The van der Waals surface area contributed by atoms with Crippen LogP contribution in [0.2, 0.25) is 5.02 Å². The number of hydrogen-bond acceptors (Lipinski definition) is 3. The van der Waals surface area contributed by atoms with E-state index in [4.69, 9.17) is 17.3 Å². The summed E-state index contributed by atoms with van der Waals surface area (Å²) in [5.74, 6) is 5.46. The molecule has 0 aliphatic heterocycles. The van der Waals surface area contributed by atoms with Gasteiger partial charge in [0.2, 0.25) is 0 Å². The van der Waals surface area contributed by atoms with Gasteiger partial charge in [0.1, 0.15) is 0 Å². The molecule has 110 valence electrons. The Bertz CT molecular complexity index is 640. The molecular weight excluding hydrogens is 298 g/mol. The molecule has 4 N–H and O–H groups in total. The monoisotopic (exact) mass is 315 g/mol. The molecule has 0 fully saturated rings. The zero-order chi connectivity index (χ0) is 15.4. The average Bonchev–Trinajstić information content (AvgIpc) is 2.26. The van der Waals surface area contributed by atoms with Gasteiger partial charge in [0.05, 0.1) is 17.8 Å². The molecule has 0 amide bonds. The fraction of sp³-hybridized carbons (Fsp3) is 0.385. The Hall–Kier alpha value is -1.26. The van der Waals surface area contributed by atoms with Gasteiger partial charge in [-0.3, -0.25) is 4.72 Å². The molecule has 0 bridgehead atoms. The summed E-state index contributed by atoms with van der Waals surface area (Å²) < 4.78 is 28.9. The lowest BCUT2D eigenvalue weighted by atomic mass is 10.1. The van der Waals surface area contributed by atoms with E-state index in [0.29, 0.717) is 16.3 Å². The van der Waals surface area contributed by atoms with Crippen molar-refractivity contribution in [3.05, 3.63) is 28.8 Å². The predicted molar refractivity (Wildman–Crippen MR) is 82.8 cm³/mol. The van der Waals surface area contributed by atoms with Crippen LogP contribution in [0.5, 0.6) is 0 Å². The maximum Gasteiger partial charge on any atom is 0.299 e. The highest BCUT2D eigenvalue weighted by Crippen LogP contribution is 2.21. The summed E-state index contributed by atoms with van der Waals surface area (Å²) in [7, 11) is -3.69. The molecule has 7 heteroatoms. The number of nitrogens with two attached hydrogens (primary N) is 1. The fourth-order valence-electron chi connectivity index (χ4n) is 1.43. The quantitative estimate of drug-likeness (QED) is 0.742. The Morgan fingerprint density at radius 1 is 1.35 bits per heavy atom. The fourth-order valence-corrected chi connectivity index (χ4v) is 2.93. The van der Waals surface area contributed by atoms with Gasteiger partial charge >= 0.3 is 0 Å². The summed E-state index contributed by atoms with van der Waals surface area (Å²) in [6, 6.07) is 4.73. The minimum Gasteiger partial charge on any atom is -0.320 e. The lowest BCUT2D eigenvalue weighted by molar-refractivity contribution is 0.494. The first kappa shape index (κ1) is 16.8. The Labute approximate surface area is 125 Å². The van der Waals surface area contributed by atoms with Crippen LogP contribution in [-0.4, -0.2) is 20.5 Å². The summed E-state index contributed by atoms with van der Waals surface area (Å²) >= 11 is 5.88. The highest BCUT2D eigenvalue weighted by Gasteiger charge is 2.20. The van der Waals surface area contributed by atoms with Crippen molar-refractivity contribution >= 4 is 27.5 Å². The molecule has 1 aromatic carbocycles. The SMILES string of the molecule is CC(C)(C)NS(=O)(=O)Nc1ccc(Cl)cc1C#CCN. The first-order valence-corrected chi connectivity index (χ1v) is 7.79. The van der Waals surface area contributed by atoms with E-state index in [1.807, 2.05) is 0 Å². The summed E-state index contributed by atoms with van der Waals surface area (Å²) in [5.41, 5.74) is 5.56. The summed E-state index contributed by atoms with van der Waals surface area (Å²) in [6.45, 7) is 5.44. The minimum absolute atomic E-state index is 0.180. The van der Waals surface area contributed by atoms with E-state index in [9.17, 15) is 8.42 Å². The molecule has 0 saturated heterocycles. The molecule has 0 unspecified atom stereocenters. The Morgan fingerprint density at radius 3 is 2.55 bits per heavy atom. The molecule has 5 nitrogen and oxygen atoms in total. The summed E-state index contributed by atoms with van der Waals surface area (Å²) in [4.78, 5) is 0. The maximum absolute atomic E-state index is 12.0. The second-order valence-electron chi connectivity index (χ2n) is 5.15. The van der Waals surface area contributed by atoms with Crippen molar-refractivity contribution in [2.75, 3.05) is 11.3 Å². The van der Waals surface area contributed by atoms with Gasteiger partial charge in [-0.15, -0.1) is 0 Å².